The van der Waals surface area contributed by atoms with Crippen molar-refractivity contribution in [1.29, 1.82) is 0 Å². The van der Waals surface area contributed by atoms with Crippen molar-refractivity contribution in [1.82, 2.24) is 4.90 Å². The molecule has 0 bridgehead atoms. The number of carbonyl (C=O) groups is 2. The minimum absolute atomic E-state index is 0.0824. The molecule has 15 heavy (non-hydrogen) atoms. The zero-order chi connectivity index (χ0) is 11.3. The molecule has 6 heteroatoms. The summed E-state index contributed by atoms with van der Waals surface area (Å²) >= 11 is 0. The number of hydrogen-bond donors (Lipinski definition) is 2. The van der Waals surface area contributed by atoms with Crippen LogP contribution in [0.2, 0.25) is 0 Å². The molecule has 0 radical (unpaired) electrons. The molecule has 1 aliphatic rings. The highest BCUT2D eigenvalue weighted by Gasteiger charge is 2.33. The van der Waals surface area contributed by atoms with E-state index in [4.69, 9.17) is 15.6 Å². The lowest BCUT2D eigenvalue weighted by atomic mass is 10.2. The van der Waals surface area contributed by atoms with Crippen LogP contribution in [0.5, 0.6) is 0 Å². The first-order valence-electron chi connectivity index (χ1n) is 4.97. The summed E-state index contributed by atoms with van der Waals surface area (Å²) in [5.41, 5.74) is 5.20. The lowest BCUT2D eigenvalue weighted by Gasteiger charge is -2.21. The average Bonchev–Trinajstić information content (AvgIpc) is 2.66. The van der Waals surface area contributed by atoms with Gasteiger partial charge in [-0.05, 0) is 12.8 Å². The number of amides is 1. The van der Waals surface area contributed by atoms with Gasteiger partial charge in [0.05, 0.1) is 6.61 Å². The van der Waals surface area contributed by atoms with Crippen LogP contribution in [-0.4, -0.2) is 54.2 Å². The summed E-state index contributed by atoms with van der Waals surface area (Å²) < 4.78 is 4.98. The molecule has 1 aliphatic heterocycles. The van der Waals surface area contributed by atoms with E-state index in [1.165, 1.54) is 4.90 Å². The van der Waals surface area contributed by atoms with E-state index in [0.717, 1.165) is 6.42 Å². The second kappa shape index (κ2) is 5.67. The molecule has 1 rings (SSSR count). The summed E-state index contributed by atoms with van der Waals surface area (Å²) in [4.78, 5) is 23.7. The number of rotatable bonds is 5. The summed E-state index contributed by atoms with van der Waals surface area (Å²) in [6.07, 6.45) is 1.26. The zero-order valence-corrected chi connectivity index (χ0v) is 8.52. The Balaban J connectivity index is 2.40. The summed E-state index contributed by atoms with van der Waals surface area (Å²) in [5.74, 6) is -1.21. The van der Waals surface area contributed by atoms with Gasteiger partial charge in [-0.2, -0.15) is 0 Å². The Labute approximate surface area is 88.0 Å². The molecule has 0 unspecified atom stereocenters. The molecular formula is C9H16N2O4. The monoisotopic (exact) mass is 216 g/mol. The Morgan fingerprint density at radius 3 is 2.87 bits per heavy atom. The molecule has 0 saturated carbocycles. The number of hydrogen-bond acceptors (Lipinski definition) is 4. The second-order valence-electron chi connectivity index (χ2n) is 3.42. The first-order chi connectivity index (χ1) is 7.16. The van der Waals surface area contributed by atoms with Gasteiger partial charge in [0.1, 0.15) is 12.6 Å². The lowest BCUT2D eigenvalue weighted by Crippen LogP contribution is -2.42. The molecule has 1 heterocycles. The molecule has 0 spiro atoms. The van der Waals surface area contributed by atoms with Crippen LogP contribution in [0.3, 0.4) is 0 Å². The smallest absolute Gasteiger partial charge is 0.326 e. The third kappa shape index (κ3) is 3.17. The summed E-state index contributed by atoms with van der Waals surface area (Å²) in [5, 5.41) is 8.85. The Hall–Kier alpha value is -1.14. The van der Waals surface area contributed by atoms with Gasteiger partial charge in [0, 0.05) is 13.1 Å². The number of ether oxygens (including phenoxy) is 1. The molecule has 0 aromatic rings. The number of carboxylic acids is 1. The van der Waals surface area contributed by atoms with Gasteiger partial charge >= 0.3 is 5.97 Å². The molecule has 3 N–H and O–H groups in total. The molecule has 86 valence electrons. The van der Waals surface area contributed by atoms with Crippen molar-refractivity contribution >= 4 is 11.9 Å². The third-order valence-corrected chi connectivity index (χ3v) is 2.35. The summed E-state index contributed by atoms with van der Waals surface area (Å²) in [6.45, 7) is 1.09. The fraction of sp³-hybridized carbons (Fsp3) is 0.778. The Bertz CT molecular complexity index is 244. The van der Waals surface area contributed by atoms with Gasteiger partial charge in [-0.25, -0.2) is 4.79 Å². The van der Waals surface area contributed by atoms with Gasteiger partial charge in [0.2, 0.25) is 5.91 Å². The van der Waals surface area contributed by atoms with Crippen LogP contribution in [0.1, 0.15) is 12.8 Å². The van der Waals surface area contributed by atoms with Crippen molar-refractivity contribution in [3.8, 4) is 0 Å². The van der Waals surface area contributed by atoms with Crippen molar-refractivity contribution < 1.29 is 19.4 Å². The Morgan fingerprint density at radius 2 is 2.27 bits per heavy atom. The molecule has 1 fully saturated rings. The van der Waals surface area contributed by atoms with Crippen LogP contribution in [0.15, 0.2) is 0 Å². The van der Waals surface area contributed by atoms with Crippen LogP contribution >= 0.6 is 0 Å². The quantitative estimate of drug-likeness (QED) is 0.577. The number of carboxylic acid groups (broad SMARTS) is 1. The predicted octanol–water partition coefficient (Wildman–Crippen LogP) is -0.963. The fourth-order valence-corrected chi connectivity index (χ4v) is 1.65. The number of likely N-dealkylation sites (tertiary alicyclic amines) is 1. The molecule has 1 saturated heterocycles. The molecule has 6 nitrogen and oxygen atoms in total. The fourth-order valence-electron chi connectivity index (χ4n) is 1.65. The topological polar surface area (TPSA) is 92.9 Å². The molecule has 0 aromatic heterocycles. The maximum Gasteiger partial charge on any atom is 0.326 e. The van der Waals surface area contributed by atoms with Gasteiger partial charge in [0.15, 0.2) is 0 Å². The van der Waals surface area contributed by atoms with Gasteiger partial charge in [0.25, 0.3) is 0 Å². The van der Waals surface area contributed by atoms with Gasteiger partial charge < -0.3 is 20.5 Å². The van der Waals surface area contributed by atoms with E-state index in [-0.39, 0.29) is 12.5 Å². The SMILES string of the molecule is NCCOCC(=O)N1CCC[C@@H]1C(=O)O. The Kier molecular flexibility index (Phi) is 4.51. The van der Waals surface area contributed by atoms with E-state index in [0.29, 0.717) is 26.1 Å². The zero-order valence-electron chi connectivity index (χ0n) is 8.52. The van der Waals surface area contributed by atoms with Crippen molar-refractivity contribution in [3.05, 3.63) is 0 Å². The second-order valence-corrected chi connectivity index (χ2v) is 3.42. The maximum atomic E-state index is 11.5. The van der Waals surface area contributed by atoms with E-state index < -0.39 is 12.0 Å². The van der Waals surface area contributed by atoms with Crippen molar-refractivity contribution in [2.75, 3.05) is 26.3 Å². The van der Waals surface area contributed by atoms with Crippen molar-refractivity contribution in [2.24, 2.45) is 5.73 Å². The molecule has 1 atom stereocenters. The average molecular weight is 216 g/mol. The van der Waals surface area contributed by atoms with Gasteiger partial charge in [-0.3, -0.25) is 4.79 Å². The highest BCUT2D eigenvalue weighted by molar-refractivity contribution is 5.84. The standard InChI is InChI=1S/C9H16N2O4/c10-3-5-15-6-8(12)11-4-1-2-7(11)9(13)14/h7H,1-6,10H2,(H,13,14)/t7-/m1/s1. The van der Waals surface area contributed by atoms with Crippen LogP contribution in [-0.2, 0) is 14.3 Å². The predicted molar refractivity (Wildman–Crippen MR) is 52.2 cm³/mol. The minimum atomic E-state index is -0.945. The molecule has 1 amide bonds. The van der Waals surface area contributed by atoms with E-state index in [9.17, 15) is 9.59 Å². The van der Waals surface area contributed by atoms with Crippen molar-refractivity contribution in [2.45, 2.75) is 18.9 Å². The number of carbonyl (C=O) groups excluding carboxylic acids is 1. The normalized spacial score (nSPS) is 20.6. The van der Waals surface area contributed by atoms with E-state index in [1.54, 1.807) is 0 Å². The maximum absolute atomic E-state index is 11.5. The molecule has 0 aromatic carbocycles. The first-order valence-corrected chi connectivity index (χ1v) is 4.97. The summed E-state index contributed by atoms with van der Waals surface area (Å²) in [6, 6.07) is -0.682. The summed E-state index contributed by atoms with van der Waals surface area (Å²) in [7, 11) is 0. The number of nitrogens with zero attached hydrogens (tertiary/aromatic N) is 1. The van der Waals surface area contributed by atoms with E-state index in [2.05, 4.69) is 0 Å². The van der Waals surface area contributed by atoms with Crippen molar-refractivity contribution in [3.63, 3.8) is 0 Å². The third-order valence-electron chi connectivity index (χ3n) is 2.35. The van der Waals surface area contributed by atoms with Crippen LogP contribution < -0.4 is 5.73 Å². The van der Waals surface area contributed by atoms with Gasteiger partial charge in [-0.1, -0.05) is 0 Å². The van der Waals surface area contributed by atoms with E-state index >= 15 is 0 Å². The lowest BCUT2D eigenvalue weighted by molar-refractivity contribution is -0.150. The number of nitrogens with two attached hydrogens (primary N) is 1. The minimum Gasteiger partial charge on any atom is -0.480 e. The Morgan fingerprint density at radius 1 is 1.53 bits per heavy atom. The highest BCUT2D eigenvalue weighted by atomic mass is 16.5. The molecular weight excluding hydrogens is 200 g/mol. The largest absolute Gasteiger partial charge is 0.480 e. The van der Waals surface area contributed by atoms with Crippen LogP contribution in [0, 0.1) is 0 Å². The molecule has 0 aliphatic carbocycles. The number of aliphatic carboxylic acids is 1. The van der Waals surface area contributed by atoms with Crippen LogP contribution in [0.25, 0.3) is 0 Å². The van der Waals surface area contributed by atoms with E-state index in [1.807, 2.05) is 0 Å². The first kappa shape index (κ1) is 11.9. The highest BCUT2D eigenvalue weighted by Crippen LogP contribution is 2.17. The van der Waals surface area contributed by atoms with Gasteiger partial charge in [-0.15, -0.1) is 0 Å². The van der Waals surface area contributed by atoms with Crippen LogP contribution in [0.4, 0.5) is 0 Å².